The zero-order valence-corrected chi connectivity index (χ0v) is 13.6. The van der Waals surface area contributed by atoms with Crippen LogP contribution in [0.5, 0.6) is 0 Å². The highest BCUT2D eigenvalue weighted by Crippen LogP contribution is 2.36. The van der Waals surface area contributed by atoms with Crippen molar-refractivity contribution < 1.29 is 4.42 Å². The van der Waals surface area contributed by atoms with E-state index in [0.29, 0.717) is 6.04 Å². The Bertz CT molecular complexity index is 403. The van der Waals surface area contributed by atoms with E-state index in [1.165, 1.54) is 45.1 Å². The lowest BCUT2D eigenvalue weighted by Crippen LogP contribution is -2.59. The van der Waals surface area contributed by atoms with Gasteiger partial charge in [-0.3, -0.25) is 4.90 Å². The molecule has 118 valence electrons. The number of rotatable bonds is 6. The average Bonchev–Trinajstić information content (AvgIpc) is 2.96. The van der Waals surface area contributed by atoms with Gasteiger partial charge in [0, 0.05) is 30.6 Å². The van der Waals surface area contributed by atoms with Crippen molar-refractivity contribution in [1.82, 2.24) is 10.2 Å². The highest BCUT2D eigenvalue weighted by molar-refractivity contribution is 5.03. The number of nitrogens with one attached hydrogen (secondary N) is 1. The van der Waals surface area contributed by atoms with E-state index in [0.717, 1.165) is 30.3 Å². The number of nitrogens with zero attached hydrogens (tertiary/aromatic N) is 1. The van der Waals surface area contributed by atoms with E-state index in [1.54, 1.807) is 6.26 Å². The van der Waals surface area contributed by atoms with Crippen LogP contribution in [-0.2, 0) is 6.42 Å². The summed E-state index contributed by atoms with van der Waals surface area (Å²) in [6, 6.07) is 7.01. The normalized spacial score (nSPS) is 31.2. The van der Waals surface area contributed by atoms with Gasteiger partial charge in [-0.05, 0) is 57.7 Å². The summed E-state index contributed by atoms with van der Waals surface area (Å²) in [4.78, 5) is 2.82. The molecule has 0 amide bonds. The molecule has 3 heteroatoms. The third-order valence-corrected chi connectivity index (χ3v) is 5.30. The maximum Gasteiger partial charge on any atom is 0.105 e. The fourth-order valence-corrected chi connectivity index (χ4v) is 4.48. The first-order valence-electron chi connectivity index (χ1n) is 8.81. The Morgan fingerprint density at radius 2 is 2.10 bits per heavy atom. The van der Waals surface area contributed by atoms with Crippen molar-refractivity contribution in [2.45, 2.75) is 83.0 Å². The van der Waals surface area contributed by atoms with Gasteiger partial charge in [-0.25, -0.2) is 0 Å². The van der Waals surface area contributed by atoms with E-state index in [9.17, 15) is 0 Å². The standard InChI is InChI=1S/C18H30N2O/c1-3-9-19-15-12-16-6-4-7-17(13-15)20(16)14(2)11-18-8-5-10-21-18/h5,8,10,14-17,19H,3-4,6-7,9,11-13H2,1-2H3. The first kappa shape index (κ1) is 15.1. The second-order valence-corrected chi connectivity index (χ2v) is 6.94. The smallest absolute Gasteiger partial charge is 0.105 e. The van der Waals surface area contributed by atoms with Gasteiger partial charge in [0.2, 0.25) is 0 Å². The first-order valence-corrected chi connectivity index (χ1v) is 8.81. The molecule has 1 aromatic heterocycles. The van der Waals surface area contributed by atoms with E-state index < -0.39 is 0 Å². The molecule has 3 heterocycles. The first-order chi connectivity index (χ1) is 10.3. The van der Waals surface area contributed by atoms with Gasteiger partial charge >= 0.3 is 0 Å². The lowest BCUT2D eigenvalue weighted by molar-refractivity contribution is -0.00637. The Labute approximate surface area is 129 Å². The van der Waals surface area contributed by atoms with Crippen molar-refractivity contribution >= 4 is 0 Å². The van der Waals surface area contributed by atoms with E-state index in [2.05, 4.69) is 30.1 Å². The van der Waals surface area contributed by atoms with Gasteiger partial charge in [0.05, 0.1) is 6.26 Å². The molecule has 0 aromatic carbocycles. The summed E-state index contributed by atoms with van der Waals surface area (Å²) in [6.45, 7) is 5.81. The van der Waals surface area contributed by atoms with Gasteiger partial charge in [0.15, 0.2) is 0 Å². The summed E-state index contributed by atoms with van der Waals surface area (Å²) >= 11 is 0. The van der Waals surface area contributed by atoms with Crippen molar-refractivity contribution in [1.29, 1.82) is 0 Å². The van der Waals surface area contributed by atoms with Crippen LogP contribution in [0.3, 0.4) is 0 Å². The molecule has 2 aliphatic rings. The van der Waals surface area contributed by atoms with E-state index in [4.69, 9.17) is 4.42 Å². The molecule has 3 atom stereocenters. The van der Waals surface area contributed by atoms with Gasteiger partial charge in [-0.2, -0.15) is 0 Å². The Morgan fingerprint density at radius 1 is 1.33 bits per heavy atom. The zero-order valence-electron chi connectivity index (χ0n) is 13.6. The highest BCUT2D eigenvalue weighted by atomic mass is 16.3. The predicted octanol–water partition coefficient (Wildman–Crippen LogP) is 3.60. The minimum absolute atomic E-state index is 0.596. The third kappa shape index (κ3) is 3.51. The maximum absolute atomic E-state index is 5.55. The van der Waals surface area contributed by atoms with E-state index in [-0.39, 0.29) is 0 Å². The van der Waals surface area contributed by atoms with Crippen molar-refractivity contribution in [3.8, 4) is 0 Å². The van der Waals surface area contributed by atoms with E-state index >= 15 is 0 Å². The molecule has 3 nitrogen and oxygen atoms in total. The van der Waals surface area contributed by atoms with Crippen LogP contribution in [0, 0.1) is 0 Å². The molecule has 0 saturated carbocycles. The molecule has 21 heavy (non-hydrogen) atoms. The van der Waals surface area contributed by atoms with Gasteiger partial charge in [-0.15, -0.1) is 0 Å². The number of furan rings is 1. The molecule has 0 aliphatic carbocycles. The van der Waals surface area contributed by atoms with Crippen LogP contribution >= 0.6 is 0 Å². The van der Waals surface area contributed by atoms with Crippen molar-refractivity contribution in [2.75, 3.05) is 6.54 Å². The van der Waals surface area contributed by atoms with Crippen LogP contribution in [0.15, 0.2) is 22.8 Å². The van der Waals surface area contributed by atoms with Gasteiger partial charge in [0.1, 0.15) is 5.76 Å². The Balaban J connectivity index is 1.63. The molecule has 1 N–H and O–H groups in total. The molecule has 2 saturated heterocycles. The Hall–Kier alpha value is -0.800. The number of hydrogen-bond donors (Lipinski definition) is 1. The molecule has 2 fully saturated rings. The summed E-state index contributed by atoms with van der Waals surface area (Å²) in [7, 11) is 0. The topological polar surface area (TPSA) is 28.4 Å². The Kier molecular flexibility index (Phi) is 5.02. The molecule has 0 spiro atoms. The van der Waals surface area contributed by atoms with Gasteiger partial charge in [-0.1, -0.05) is 13.3 Å². The number of hydrogen-bond acceptors (Lipinski definition) is 3. The number of fused-ring (bicyclic) bond motifs is 2. The second kappa shape index (κ2) is 6.97. The minimum atomic E-state index is 0.596. The molecule has 3 rings (SSSR count). The van der Waals surface area contributed by atoms with Crippen LogP contribution in [0.2, 0.25) is 0 Å². The molecule has 0 radical (unpaired) electrons. The molecule has 3 unspecified atom stereocenters. The van der Waals surface area contributed by atoms with Gasteiger partial charge in [0.25, 0.3) is 0 Å². The van der Waals surface area contributed by atoms with Crippen molar-refractivity contribution in [3.63, 3.8) is 0 Å². The largest absolute Gasteiger partial charge is 0.469 e. The molecular weight excluding hydrogens is 260 g/mol. The van der Waals surface area contributed by atoms with E-state index in [1.807, 2.05) is 6.07 Å². The minimum Gasteiger partial charge on any atom is -0.469 e. The summed E-state index contributed by atoms with van der Waals surface area (Å²) in [5.74, 6) is 1.13. The highest BCUT2D eigenvalue weighted by Gasteiger charge is 2.40. The SMILES string of the molecule is CCCNC1CC2CCCC(C1)N2C(C)Cc1ccco1. The molecule has 1 aromatic rings. The monoisotopic (exact) mass is 290 g/mol. The summed E-state index contributed by atoms with van der Waals surface area (Å²) in [5.41, 5.74) is 0. The fraction of sp³-hybridized carbons (Fsp3) is 0.778. The second-order valence-electron chi connectivity index (χ2n) is 6.94. The molecule has 2 bridgehead atoms. The van der Waals surface area contributed by atoms with Crippen LogP contribution < -0.4 is 5.32 Å². The maximum atomic E-state index is 5.55. The summed E-state index contributed by atoms with van der Waals surface area (Å²) in [6.07, 6.45) is 10.9. The average molecular weight is 290 g/mol. The quantitative estimate of drug-likeness (QED) is 0.868. The number of piperidine rings is 2. The lowest BCUT2D eigenvalue weighted by atomic mass is 9.80. The Morgan fingerprint density at radius 3 is 2.71 bits per heavy atom. The van der Waals surface area contributed by atoms with Crippen LogP contribution in [-0.4, -0.2) is 35.6 Å². The van der Waals surface area contributed by atoms with Crippen LogP contribution in [0.1, 0.15) is 58.1 Å². The van der Waals surface area contributed by atoms with Crippen molar-refractivity contribution in [3.05, 3.63) is 24.2 Å². The molecular formula is C18H30N2O. The predicted molar refractivity (Wildman–Crippen MR) is 86.5 cm³/mol. The molecule has 2 aliphatic heterocycles. The van der Waals surface area contributed by atoms with Crippen LogP contribution in [0.4, 0.5) is 0 Å². The van der Waals surface area contributed by atoms with Gasteiger partial charge < -0.3 is 9.73 Å². The summed E-state index contributed by atoms with van der Waals surface area (Å²) < 4.78 is 5.55. The fourth-order valence-electron chi connectivity index (χ4n) is 4.48. The van der Waals surface area contributed by atoms with Crippen molar-refractivity contribution in [2.24, 2.45) is 0 Å². The zero-order chi connectivity index (χ0) is 14.7. The third-order valence-electron chi connectivity index (χ3n) is 5.30. The van der Waals surface area contributed by atoms with Crippen LogP contribution in [0.25, 0.3) is 0 Å². The lowest BCUT2D eigenvalue weighted by Gasteiger charge is -2.51. The summed E-state index contributed by atoms with van der Waals surface area (Å²) in [5, 5.41) is 3.76.